The lowest BCUT2D eigenvalue weighted by Crippen LogP contribution is -1.88. The van der Waals surface area contributed by atoms with Gasteiger partial charge in [-0.3, -0.25) is 0 Å². The highest BCUT2D eigenvalue weighted by Gasteiger charge is 2.06. The van der Waals surface area contributed by atoms with Crippen molar-refractivity contribution in [3.05, 3.63) is 36.4 Å². The summed E-state index contributed by atoms with van der Waals surface area (Å²) in [5.41, 5.74) is 1.10. The molecule has 2 heterocycles. The lowest BCUT2D eigenvalue weighted by atomic mass is 10.1. The molecule has 0 saturated carbocycles. The molecule has 0 N–H and O–H groups in total. The molecule has 0 unspecified atom stereocenters. The minimum Gasteiger partial charge on any atom is -0.235 e. The van der Waals surface area contributed by atoms with Crippen LogP contribution in [0.3, 0.4) is 0 Å². The van der Waals surface area contributed by atoms with Gasteiger partial charge in [0.15, 0.2) is 7.85 Å². The predicted octanol–water partition coefficient (Wildman–Crippen LogP) is 2.28. The molecule has 72 valence electrons. The maximum atomic E-state index is 4.63. The van der Waals surface area contributed by atoms with Crippen LogP contribution in [0.25, 0.3) is 20.1 Å². The van der Waals surface area contributed by atoms with E-state index in [1.165, 1.54) is 14.4 Å². The summed E-state index contributed by atoms with van der Waals surface area (Å²) < 4.78 is 2.60. The first-order chi connectivity index (χ1) is 7.33. The normalized spacial score (nSPS) is 10.9. The van der Waals surface area contributed by atoms with Gasteiger partial charge >= 0.3 is 0 Å². The number of thiazole rings is 1. The highest BCUT2D eigenvalue weighted by atomic mass is 32.1. The van der Waals surface area contributed by atoms with Gasteiger partial charge in [-0.1, -0.05) is 18.2 Å². The van der Waals surface area contributed by atoms with E-state index in [2.05, 4.69) is 43.2 Å². The smallest absolute Gasteiger partial charge is 0.152 e. The summed E-state index contributed by atoms with van der Waals surface area (Å²) in [4.78, 5) is 5.90. The lowest BCUT2D eigenvalue weighted by Gasteiger charge is -1.85. The zero-order valence-electron chi connectivity index (χ0n) is 8.23. The Hall–Kier alpha value is -1.13. The largest absolute Gasteiger partial charge is 0.235 e. The Kier molecular flexibility index (Phi) is 2.11. The molecule has 0 spiro atoms. The van der Waals surface area contributed by atoms with E-state index in [1.54, 1.807) is 22.7 Å². The van der Waals surface area contributed by atoms with Crippen molar-refractivity contribution in [2.75, 3.05) is 0 Å². The molecule has 0 fully saturated rings. The third kappa shape index (κ3) is 1.60. The van der Waals surface area contributed by atoms with Gasteiger partial charge in [0, 0.05) is 0 Å². The molecular weight excluding hydrogens is 221 g/mol. The zero-order chi connectivity index (χ0) is 10.3. The molecule has 0 atom stereocenters. The second-order valence-corrected chi connectivity index (χ2v) is 5.72. The number of para-hydroxylation sites is 1. The van der Waals surface area contributed by atoms with Crippen molar-refractivity contribution in [1.82, 2.24) is 4.98 Å². The zero-order valence-corrected chi connectivity index (χ0v) is 9.86. The van der Waals surface area contributed by atoms with Gasteiger partial charge < -0.3 is 0 Å². The summed E-state index contributed by atoms with van der Waals surface area (Å²) in [6, 6.07) is 12.6. The second kappa shape index (κ2) is 3.47. The van der Waals surface area contributed by atoms with Gasteiger partial charge in [-0.15, -0.1) is 22.7 Å². The molecule has 1 nitrogen and oxygen atoms in total. The Labute approximate surface area is 96.8 Å². The van der Waals surface area contributed by atoms with Gasteiger partial charge in [0.05, 0.1) is 15.1 Å². The van der Waals surface area contributed by atoms with Crippen LogP contribution in [0.15, 0.2) is 36.4 Å². The maximum absolute atomic E-state index is 4.63. The molecule has 2 aromatic heterocycles. The molecule has 3 aromatic rings. The van der Waals surface area contributed by atoms with Crippen LogP contribution in [0.1, 0.15) is 0 Å². The average molecular weight is 229 g/mol. The Morgan fingerprint density at radius 1 is 1.00 bits per heavy atom. The Bertz CT molecular complexity index is 579. The molecule has 4 heteroatoms. The predicted molar refractivity (Wildman–Crippen MR) is 71.1 cm³/mol. The summed E-state index contributed by atoms with van der Waals surface area (Å²) in [6.07, 6.45) is 0. The number of rotatable bonds is 1. The van der Waals surface area contributed by atoms with Crippen LogP contribution in [0, 0.1) is 0 Å². The molecule has 0 aliphatic rings. The Morgan fingerprint density at radius 2 is 1.87 bits per heavy atom. The molecule has 0 saturated heterocycles. The van der Waals surface area contributed by atoms with Crippen molar-refractivity contribution < 1.29 is 0 Å². The summed E-state index contributed by atoms with van der Waals surface area (Å²) in [6.45, 7) is 0. The van der Waals surface area contributed by atoms with Crippen molar-refractivity contribution in [3.63, 3.8) is 0 Å². The molecule has 0 aliphatic carbocycles. The quantitative estimate of drug-likeness (QED) is 0.583. The fraction of sp³-hybridized carbons (Fsp3) is 0. The first-order valence-corrected chi connectivity index (χ1v) is 6.38. The molecule has 0 radical (unpaired) electrons. The number of aromatic nitrogens is 1. The van der Waals surface area contributed by atoms with Crippen LogP contribution in [0.5, 0.6) is 0 Å². The maximum Gasteiger partial charge on any atom is 0.152 e. The first kappa shape index (κ1) is 9.13. The summed E-state index contributed by atoms with van der Waals surface area (Å²) in [5, 5.41) is 1.13. The number of hydrogen-bond donors (Lipinski definition) is 0. The number of nitrogens with zero attached hydrogens (tertiary/aromatic N) is 1. The Balaban J connectivity index is 2.19. The van der Waals surface area contributed by atoms with E-state index < -0.39 is 0 Å². The van der Waals surface area contributed by atoms with Crippen molar-refractivity contribution in [1.29, 1.82) is 0 Å². The second-order valence-electron chi connectivity index (χ2n) is 3.40. The van der Waals surface area contributed by atoms with E-state index in [-0.39, 0.29) is 0 Å². The van der Waals surface area contributed by atoms with E-state index in [9.17, 15) is 0 Å². The van der Waals surface area contributed by atoms with Crippen LogP contribution in [0.4, 0.5) is 0 Å². The molecule has 1 aromatic carbocycles. The van der Waals surface area contributed by atoms with E-state index in [4.69, 9.17) is 0 Å². The molecule has 3 rings (SSSR count). The SMILES string of the molecule is Bc1ccc(-c2nc3ccccc3s2)s1. The number of benzene rings is 1. The number of hydrogen-bond acceptors (Lipinski definition) is 3. The van der Waals surface area contributed by atoms with Gasteiger partial charge in [-0.05, 0) is 23.0 Å². The van der Waals surface area contributed by atoms with E-state index in [0.717, 1.165) is 10.5 Å². The standard InChI is InChI=1S/C11H8BNS2/c12-10-6-5-9(14-10)11-13-7-3-1-2-4-8(7)15-11/h1-6H,12H2. The molecule has 0 aliphatic heterocycles. The monoisotopic (exact) mass is 229 g/mol. The lowest BCUT2D eigenvalue weighted by molar-refractivity contribution is 1.50. The van der Waals surface area contributed by atoms with Gasteiger partial charge in [0.1, 0.15) is 5.01 Å². The fourth-order valence-electron chi connectivity index (χ4n) is 1.53. The fourth-order valence-corrected chi connectivity index (χ4v) is 3.41. The molecule has 0 amide bonds. The van der Waals surface area contributed by atoms with E-state index in [1.807, 2.05) is 6.07 Å². The Morgan fingerprint density at radius 3 is 2.60 bits per heavy atom. The highest BCUT2D eigenvalue weighted by molar-refractivity contribution is 7.28. The average Bonchev–Trinajstić information content (AvgIpc) is 2.82. The minimum atomic E-state index is 1.10. The first-order valence-electron chi connectivity index (χ1n) is 4.75. The van der Waals surface area contributed by atoms with E-state index >= 15 is 0 Å². The minimum absolute atomic E-state index is 1.10. The van der Waals surface area contributed by atoms with Crippen LogP contribution in [0.2, 0.25) is 0 Å². The topological polar surface area (TPSA) is 12.9 Å². The van der Waals surface area contributed by atoms with Gasteiger partial charge in [0.2, 0.25) is 0 Å². The van der Waals surface area contributed by atoms with Gasteiger partial charge in [-0.25, -0.2) is 4.98 Å². The summed E-state index contributed by atoms with van der Waals surface area (Å²) in [5.74, 6) is 0. The van der Waals surface area contributed by atoms with Crippen LogP contribution in [-0.2, 0) is 0 Å². The molecule has 0 bridgehead atoms. The summed E-state index contributed by atoms with van der Waals surface area (Å²) in [7, 11) is 2.13. The highest BCUT2D eigenvalue weighted by Crippen LogP contribution is 2.31. The van der Waals surface area contributed by atoms with Crippen LogP contribution < -0.4 is 4.78 Å². The molecular formula is C11H8BNS2. The van der Waals surface area contributed by atoms with Crippen LogP contribution >= 0.6 is 22.7 Å². The third-order valence-corrected chi connectivity index (χ3v) is 4.45. The van der Waals surface area contributed by atoms with Gasteiger partial charge in [0.25, 0.3) is 0 Å². The number of thiophene rings is 1. The summed E-state index contributed by atoms with van der Waals surface area (Å²) >= 11 is 3.57. The van der Waals surface area contributed by atoms with Crippen LogP contribution in [-0.4, -0.2) is 12.8 Å². The van der Waals surface area contributed by atoms with Crippen molar-refractivity contribution in [3.8, 4) is 9.88 Å². The van der Waals surface area contributed by atoms with E-state index in [0.29, 0.717) is 0 Å². The molecule has 15 heavy (non-hydrogen) atoms. The third-order valence-electron chi connectivity index (χ3n) is 2.25. The van der Waals surface area contributed by atoms with Crippen molar-refractivity contribution >= 4 is 45.5 Å². The number of fused-ring (bicyclic) bond motifs is 1. The van der Waals surface area contributed by atoms with Crippen molar-refractivity contribution in [2.24, 2.45) is 0 Å². The van der Waals surface area contributed by atoms with Crippen molar-refractivity contribution in [2.45, 2.75) is 0 Å². The van der Waals surface area contributed by atoms with Gasteiger partial charge in [-0.2, -0.15) is 0 Å².